The number of hydrogen-bond donors (Lipinski definition) is 1. The molecule has 10 heteroatoms. The topological polar surface area (TPSA) is 105 Å². The third-order valence-corrected chi connectivity index (χ3v) is 8.93. The Morgan fingerprint density at radius 1 is 1.00 bits per heavy atom. The van der Waals surface area contributed by atoms with E-state index >= 15 is 0 Å². The highest BCUT2D eigenvalue weighted by Crippen LogP contribution is 2.30. The van der Waals surface area contributed by atoms with Crippen LogP contribution < -0.4 is 9.46 Å². The molecule has 0 saturated carbocycles. The Kier molecular flexibility index (Phi) is 8.07. The summed E-state index contributed by atoms with van der Waals surface area (Å²) in [5.41, 5.74) is 4.03. The van der Waals surface area contributed by atoms with Gasteiger partial charge in [-0.05, 0) is 68.0 Å². The zero-order valence-electron chi connectivity index (χ0n) is 24.5. The van der Waals surface area contributed by atoms with Crippen LogP contribution >= 0.6 is 0 Å². The number of nitrogens with one attached hydrogen (secondary N) is 1. The number of anilines is 1. The maximum absolute atomic E-state index is 13.6. The number of benzene rings is 2. The summed E-state index contributed by atoms with van der Waals surface area (Å²) in [5.74, 6) is -0.0423. The molecule has 6 bridgehead atoms. The Morgan fingerprint density at radius 3 is 2.46 bits per heavy atom. The van der Waals surface area contributed by atoms with Gasteiger partial charge in [0.05, 0.1) is 17.1 Å². The van der Waals surface area contributed by atoms with Crippen molar-refractivity contribution in [3.8, 4) is 17.1 Å². The van der Waals surface area contributed by atoms with Crippen molar-refractivity contribution in [2.75, 3.05) is 37.4 Å². The number of hydrogen-bond acceptors (Lipinski definition) is 7. The summed E-state index contributed by atoms with van der Waals surface area (Å²) in [5, 5.41) is 0. The number of amides is 1. The van der Waals surface area contributed by atoms with E-state index < -0.39 is 10.0 Å². The Morgan fingerprint density at radius 2 is 1.73 bits per heavy atom. The van der Waals surface area contributed by atoms with Gasteiger partial charge in [0.2, 0.25) is 11.8 Å². The molecular weight excluding hydrogens is 538 g/mol. The normalized spacial score (nSPS) is 19.2. The molecule has 3 heterocycles. The summed E-state index contributed by atoms with van der Waals surface area (Å²) in [7, 11) is -4.07. The minimum atomic E-state index is -4.07. The molecule has 5 rings (SSSR count). The molecule has 2 aromatic carbocycles. The molecular formula is C31H39N5O4S. The Hall–Kier alpha value is -3.50. The predicted octanol–water partition coefficient (Wildman–Crippen LogP) is 4.91. The molecule has 0 aliphatic carbocycles. The highest BCUT2D eigenvalue weighted by Gasteiger charge is 2.30. The molecule has 1 aromatic heterocycles. The number of fused-ring (bicyclic) bond motifs is 6. The summed E-state index contributed by atoms with van der Waals surface area (Å²) in [6.07, 6.45) is 1.77. The van der Waals surface area contributed by atoms with Gasteiger partial charge < -0.3 is 9.64 Å². The number of carbonyl (C=O) groups is 1. The third kappa shape index (κ3) is 6.87. The van der Waals surface area contributed by atoms with Crippen LogP contribution in [0.1, 0.15) is 55.1 Å². The lowest BCUT2D eigenvalue weighted by molar-refractivity contribution is 0.0690. The minimum Gasteiger partial charge on any atom is -0.471 e. The van der Waals surface area contributed by atoms with Crippen molar-refractivity contribution in [1.82, 2.24) is 19.8 Å². The molecule has 0 radical (unpaired) electrons. The second kappa shape index (κ2) is 11.4. The molecule has 2 aliphatic rings. The van der Waals surface area contributed by atoms with Gasteiger partial charge in [-0.1, -0.05) is 45.0 Å². The van der Waals surface area contributed by atoms with Gasteiger partial charge in [0, 0.05) is 36.8 Å². The highest BCUT2D eigenvalue weighted by molar-refractivity contribution is 7.92. The molecule has 1 saturated heterocycles. The van der Waals surface area contributed by atoms with E-state index in [4.69, 9.17) is 4.74 Å². The summed E-state index contributed by atoms with van der Waals surface area (Å²) in [6, 6.07) is 13.8. The lowest BCUT2D eigenvalue weighted by atomic mass is 9.90. The van der Waals surface area contributed by atoms with Crippen LogP contribution in [0.25, 0.3) is 11.3 Å². The van der Waals surface area contributed by atoms with Crippen LogP contribution in [-0.4, -0.2) is 72.9 Å². The maximum Gasteiger partial charge on any atom is 0.264 e. The molecule has 3 aromatic rings. The Balaban J connectivity index is 1.58. The molecule has 218 valence electrons. The molecule has 2 aliphatic heterocycles. The summed E-state index contributed by atoms with van der Waals surface area (Å²) >= 11 is 0. The second-order valence-electron chi connectivity index (χ2n) is 12.3. The number of rotatable bonds is 4. The first-order valence-electron chi connectivity index (χ1n) is 14.1. The SMILES string of the molecule is Cc1cccc(C)c1-c1cc2nc(n1)NS(=O)(=O)c1cccc(c1)C(=O)N1CCN(CCCC(C)(C)C)CC(C1)O2. The van der Waals surface area contributed by atoms with E-state index in [1.165, 1.54) is 12.1 Å². The van der Waals surface area contributed by atoms with Gasteiger partial charge in [-0.2, -0.15) is 4.98 Å². The molecule has 41 heavy (non-hydrogen) atoms. The van der Waals surface area contributed by atoms with Gasteiger partial charge in [-0.3, -0.25) is 9.69 Å². The number of aryl methyl sites for hydroxylation is 2. The van der Waals surface area contributed by atoms with Crippen LogP contribution in [0, 0.1) is 19.3 Å². The third-order valence-electron chi connectivity index (χ3n) is 7.60. The van der Waals surface area contributed by atoms with Crippen LogP contribution in [0.4, 0.5) is 5.95 Å². The lowest BCUT2D eigenvalue weighted by Crippen LogP contribution is -2.40. The average molecular weight is 578 g/mol. The van der Waals surface area contributed by atoms with Crippen LogP contribution in [0.2, 0.25) is 0 Å². The fourth-order valence-electron chi connectivity index (χ4n) is 5.54. The maximum atomic E-state index is 13.6. The smallest absolute Gasteiger partial charge is 0.264 e. The largest absolute Gasteiger partial charge is 0.471 e. The molecule has 9 nitrogen and oxygen atoms in total. The van der Waals surface area contributed by atoms with E-state index in [1.807, 2.05) is 32.0 Å². The van der Waals surface area contributed by atoms with Gasteiger partial charge >= 0.3 is 0 Å². The first kappa shape index (κ1) is 29.0. The van der Waals surface area contributed by atoms with Crippen molar-refractivity contribution in [2.24, 2.45) is 5.41 Å². The minimum absolute atomic E-state index is 0.0266. The molecule has 1 amide bonds. The summed E-state index contributed by atoms with van der Waals surface area (Å²) < 4.78 is 35.8. The van der Waals surface area contributed by atoms with Gasteiger partial charge in [0.15, 0.2) is 0 Å². The lowest BCUT2D eigenvalue weighted by Gasteiger charge is -2.26. The highest BCUT2D eigenvalue weighted by atomic mass is 32.2. The number of sulfonamides is 1. The fraction of sp³-hybridized carbons (Fsp3) is 0.452. The molecule has 1 fully saturated rings. The van der Waals surface area contributed by atoms with E-state index in [9.17, 15) is 13.2 Å². The zero-order chi connectivity index (χ0) is 29.4. The number of aromatic nitrogens is 2. The van der Waals surface area contributed by atoms with Crippen LogP contribution in [0.15, 0.2) is 53.4 Å². The van der Waals surface area contributed by atoms with Crippen molar-refractivity contribution in [2.45, 2.75) is 58.5 Å². The van der Waals surface area contributed by atoms with Gasteiger partial charge in [0.1, 0.15) is 6.10 Å². The van der Waals surface area contributed by atoms with Crippen LogP contribution in [-0.2, 0) is 10.0 Å². The number of carbonyl (C=O) groups excluding carboxylic acids is 1. The van der Waals surface area contributed by atoms with E-state index in [0.29, 0.717) is 37.4 Å². The number of nitrogens with zero attached hydrogens (tertiary/aromatic N) is 4. The standard InChI is InChI=1S/C31H39N5O4S/c1-21-9-6-10-22(2)28(21)26-18-27-33-30(32-26)34-41(38,39)25-12-7-11-23(17-25)29(37)36-16-15-35(19-24(20-36)40-27)14-8-13-31(3,4)5/h6-7,9-12,17-18,24H,8,13-16,19-20H2,1-5H3,(H,32,33,34). The van der Waals surface area contributed by atoms with E-state index in [-0.39, 0.29) is 34.1 Å². The second-order valence-corrected chi connectivity index (χ2v) is 14.0. The Labute approximate surface area is 243 Å². The fourth-order valence-corrected chi connectivity index (χ4v) is 6.53. The zero-order valence-corrected chi connectivity index (χ0v) is 25.3. The monoisotopic (exact) mass is 577 g/mol. The van der Waals surface area contributed by atoms with Crippen molar-refractivity contribution >= 4 is 21.9 Å². The van der Waals surface area contributed by atoms with Gasteiger partial charge in [-0.15, -0.1) is 0 Å². The quantitative estimate of drug-likeness (QED) is 0.470. The molecule has 1 unspecified atom stereocenters. The predicted molar refractivity (Wildman–Crippen MR) is 160 cm³/mol. The summed E-state index contributed by atoms with van der Waals surface area (Å²) in [4.78, 5) is 26.8. The van der Waals surface area contributed by atoms with Gasteiger partial charge in [-0.25, -0.2) is 18.1 Å². The molecule has 1 atom stereocenters. The summed E-state index contributed by atoms with van der Waals surface area (Å²) in [6.45, 7) is 13.8. The van der Waals surface area contributed by atoms with E-state index in [0.717, 1.165) is 36.1 Å². The number of ether oxygens (including phenoxy) is 1. The first-order chi connectivity index (χ1) is 19.4. The van der Waals surface area contributed by atoms with Gasteiger partial charge in [0.25, 0.3) is 15.9 Å². The van der Waals surface area contributed by atoms with Crippen molar-refractivity contribution in [3.05, 3.63) is 65.2 Å². The van der Waals surface area contributed by atoms with E-state index in [2.05, 4.69) is 40.4 Å². The van der Waals surface area contributed by atoms with Crippen molar-refractivity contribution in [1.29, 1.82) is 0 Å². The van der Waals surface area contributed by atoms with Crippen LogP contribution in [0.3, 0.4) is 0 Å². The van der Waals surface area contributed by atoms with Crippen molar-refractivity contribution in [3.63, 3.8) is 0 Å². The van der Waals surface area contributed by atoms with Crippen molar-refractivity contribution < 1.29 is 17.9 Å². The first-order valence-corrected chi connectivity index (χ1v) is 15.6. The average Bonchev–Trinajstić information content (AvgIpc) is 3.08. The molecule has 0 spiro atoms. The Bertz CT molecular complexity index is 1530. The molecule has 1 N–H and O–H groups in total. The van der Waals surface area contributed by atoms with E-state index in [1.54, 1.807) is 23.1 Å². The van der Waals surface area contributed by atoms with Crippen LogP contribution in [0.5, 0.6) is 5.88 Å².